The average molecular weight is 148 g/mol. The van der Waals surface area contributed by atoms with E-state index in [4.69, 9.17) is 5.11 Å². The molecule has 0 aliphatic carbocycles. The molecule has 0 atom stereocenters. The van der Waals surface area contributed by atoms with Crippen molar-refractivity contribution in [1.82, 2.24) is 10.6 Å². The smallest absolute Gasteiger partial charge is 0.0555 e. The molecule has 0 aromatic carbocycles. The van der Waals surface area contributed by atoms with Gasteiger partial charge in [0, 0.05) is 6.54 Å². The van der Waals surface area contributed by atoms with Crippen molar-refractivity contribution >= 4 is 0 Å². The molecule has 0 spiro atoms. The van der Waals surface area contributed by atoms with E-state index in [1.54, 1.807) is 7.05 Å². The molecule has 0 unspecified atom stereocenters. The quantitative estimate of drug-likeness (QED) is 0.518. The summed E-state index contributed by atoms with van der Waals surface area (Å²) >= 11 is 0. The highest BCUT2D eigenvalue weighted by atomic mass is 16.3. The highest BCUT2D eigenvalue weighted by Crippen LogP contribution is 1.62. The Morgan fingerprint density at radius 2 is 1.60 bits per heavy atom. The molecule has 0 rings (SSSR count). The molecule has 0 aromatic heterocycles. The van der Waals surface area contributed by atoms with Crippen molar-refractivity contribution in [2.45, 2.75) is 13.3 Å². The number of aliphatic hydroxyl groups excluding tert-OH is 1. The largest absolute Gasteiger partial charge is 0.395 e. The maximum atomic E-state index is 8.00. The maximum Gasteiger partial charge on any atom is 0.0555 e. The maximum absolute atomic E-state index is 8.00. The van der Waals surface area contributed by atoms with Gasteiger partial charge in [0.25, 0.3) is 0 Å². The normalized spacial score (nSPS) is 8.40. The molecular formula is C7H20N2O. The van der Waals surface area contributed by atoms with Gasteiger partial charge in [0.15, 0.2) is 0 Å². The third-order valence-corrected chi connectivity index (χ3v) is 0.862. The summed E-state index contributed by atoms with van der Waals surface area (Å²) in [4.78, 5) is 0. The summed E-state index contributed by atoms with van der Waals surface area (Å²) in [5, 5.41) is 13.8. The Morgan fingerprint density at radius 3 is 1.60 bits per heavy atom. The van der Waals surface area contributed by atoms with Gasteiger partial charge in [-0.1, -0.05) is 6.92 Å². The van der Waals surface area contributed by atoms with Gasteiger partial charge in [0.1, 0.15) is 0 Å². The molecular weight excluding hydrogens is 128 g/mol. The van der Waals surface area contributed by atoms with Crippen LogP contribution in [0.1, 0.15) is 13.3 Å². The van der Waals surface area contributed by atoms with E-state index in [0.29, 0.717) is 6.54 Å². The molecule has 0 saturated heterocycles. The molecule has 64 valence electrons. The second kappa shape index (κ2) is 15.9. The Hall–Kier alpha value is -0.120. The van der Waals surface area contributed by atoms with Gasteiger partial charge in [0.2, 0.25) is 0 Å². The minimum atomic E-state index is 0.233. The summed E-state index contributed by atoms with van der Waals surface area (Å²) in [6, 6.07) is 0. The van der Waals surface area contributed by atoms with Crippen LogP contribution < -0.4 is 10.6 Å². The van der Waals surface area contributed by atoms with Crippen LogP contribution in [0.5, 0.6) is 0 Å². The Bertz CT molecular complexity index is 32.6. The van der Waals surface area contributed by atoms with Crippen molar-refractivity contribution < 1.29 is 5.11 Å². The second-order valence-electron chi connectivity index (χ2n) is 1.93. The zero-order valence-corrected chi connectivity index (χ0v) is 7.28. The van der Waals surface area contributed by atoms with E-state index < -0.39 is 0 Å². The van der Waals surface area contributed by atoms with E-state index in [-0.39, 0.29) is 6.61 Å². The summed E-state index contributed by atoms with van der Waals surface area (Å²) in [5.74, 6) is 0. The Morgan fingerprint density at radius 1 is 1.10 bits per heavy atom. The summed E-state index contributed by atoms with van der Waals surface area (Å²) in [5.41, 5.74) is 0. The van der Waals surface area contributed by atoms with Gasteiger partial charge in [-0.2, -0.15) is 0 Å². The van der Waals surface area contributed by atoms with Gasteiger partial charge >= 0.3 is 0 Å². The van der Waals surface area contributed by atoms with Gasteiger partial charge in [-0.15, -0.1) is 0 Å². The molecule has 0 aromatic rings. The van der Waals surface area contributed by atoms with Crippen molar-refractivity contribution in [3.8, 4) is 0 Å². The molecule has 3 N–H and O–H groups in total. The van der Waals surface area contributed by atoms with Gasteiger partial charge in [-0.05, 0) is 27.1 Å². The third-order valence-electron chi connectivity index (χ3n) is 0.862. The van der Waals surface area contributed by atoms with Crippen molar-refractivity contribution in [2.24, 2.45) is 0 Å². The van der Waals surface area contributed by atoms with E-state index in [9.17, 15) is 0 Å². The predicted octanol–water partition coefficient (Wildman–Crippen LogP) is -0.186. The topological polar surface area (TPSA) is 44.3 Å². The van der Waals surface area contributed by atoms with Crippen LogP contribution in [-0.4, -0.2) is 38.9 Å². The van der Waals surface area contributed by atoms with Gasteiger partial charge in [0.05, 0.1) is 6.61 Å². The number of hydrogen-bond donors (Lipinski definition) is 3. The minimum Gasteiger partial charge on any atom is -0.395 e. The molecule has 0 amide bonds. The summed E-state index contributed by atoms with van der Waals surface area (Å²) < 4.78 is 0. The van der Waals surface area contributed by atoms with Crippen LogP contribution in [0.3, 0.4) is 0 Å². The lowest BCUT2D eigenvalue weighted by Gasteiger charge is -1.84. The first kappa shape index (κ1) is 12.5. The summed E-state index contributed by atoms with van der Waals surface area (Å²) in [6.07, 6.45) is 1.23. The molecule has 0 aliphatic heterocycles. The third kappa shape index (κ3) is 24.8. The zero-order valence-electron chi connectivity index (χ0n) is 7.28. The Kier molecular flexibility index (Phi) is 20.0. The summed E-state index contributed by atoms with van der Waals surface area (Å²) in [7, 11) is 3.76. The Labute approximate surface area is 63.8 Å². The fourth-order valence-electron chi connectivity index (χ4n) is 0.362. The second-order valence-corrected chi connectivity index (χ2v) is 1.93. The van der Waals surface area contributed by atoms with Crippen LogP contribution >= 0.6 is 0 Å². The molecule has 3 nitrogen and oxygen atoms in total. The van der Waals surface area contributed by atoms with E-state index in [1.165, 1.54) is 6.42 Å². The first-order valence-corrected chi connectivity index (χ1v) is 3.73. The average Bonchev–Trinajstić information content (AvgIpc) is 1.93. The van der Waals surface area contributed by atoms with E-state index >= 15 is 0 Å². The van der Waals surface area contributed by atoms with Crippen LogP contribution in [0.25, 0.3) is 0 Å². The lowest BCUT2D eigenvalue weighted by atomic mass is 10.5. The standard InChI is InChI=1S/C4H11N.C3H9NO/c1-3-4-5-2;1-4-2-3-5/h5H,3-4H2,1-2H3;4-5H,2-3H2,1H3. The number of hydrogen-bond acceptors (Lipinski definition) is 3. The van der Waals surface area contributed by atoms with Crippen LogP contribution in [0.15, 0.2) is 0 Å². The number of nitrogens with one attached hydrogen (secondary N) is 2. The predicted molar refractivity (Wildman–Crippen MR) is 45.2 cm³/mol. The molecule has 3 heteroatoms. The fourth-order valence-corrected chi connectivity index (χ4v) is 0.362. The lowest BCUT2D eigenvalue weighted by Crippen LogP contribution is -2.10. The van der Waals surface area contributed by atoms with Crippen molar-refractivity contribution in [3.63, 3.8) is 0 Å². The highest BCUT2D eigenvalue weighted by molar-refractivity contribution is 4.28. The minimum absolute atomic E-state index is 0.233. The number of aliphatic hydroxyl groups is 1. The zero-order chi connectivity index (χ0) is 8.24. The number of likely N-dealkylation sites (N-methyl/N-ethyl adjacent to an activating group) is 1. The van der Waals surface area contributed by atoms with Crippen LogP contribution in [0.4, 0.5) is 0 Å². The van der Waals surface area contributed by atoms with Crippen molar-refractivity contribution in [1.29, 1.82) is 0 Å². The molecule has 0 radical (unpaired) electrons. The van der Waals surface area contributed by atoms with E-state index in [2.05, 4.69) is 17.6 Å². The molecule has 0 saturated carbocycles. The van der Waals surface area contributed by atoms with Gasteiger partial charge < -0.3 is 15.7 Å². The first-order chi connectivity index (χ1) is 4.83. The van der Waals surface area contributed by atoms with Crippen molar-refractivity contribution in [2.75, 3.05) is 33.8 Å². The Balaban J connectivity index is 0. The number of rotatable bonds is 4. The molecule has 0 bridgehead atoms. The molecule has 0 heterocycles. The van der Waals surface area contributed by atoms with E-state index in [1.807, 2.05) is 7.05 Å². The van der Waals surface area contributed by atoms with Crippen LogP contribution in [-0.2, 0) is 0 Å². The van der Waals surface area contributed by atoms with Crippen LogP contribution in [0.2, 0.25) is 0 Å². The molecule has 0 aliphatic rings. The van der Waals surface area contributed by atoms with E-state index in [0.717, 1.165) is 6.54 Å². The highest BCUT2D eigenvalue weighted by Gasteiger charge is 1.66. The lowest BCUT2D eigenvalue weighted by molar-refractivity contribution is 0.296. The summed E-state index contributed by atoms with van der Waals surface area (Å²) in [6.45, 7) is 4.22. The van der Waals surface area contributed by atoms with Gasteiger partial charge in [-0.3, -0.25) is 0 Å². The van der Waals surface area contributed by atoms with Crippen LogP contribution in [0, 0.1) is 0 Å². The fraction of sp³-hybridized carbons (Fsp3) is 1.00. The molecule has 10 heavy (non-hydrogen) atoms. The first-order valence-electron chi connectivity index (χ1n) is 3.73. The van der Waals surface area contributed by atoms with Crippen molar-refractivity contribution in [3.05, 3.63) is 0 Å². The van der Waals surface area contributed by atoms with Gasteiger partial charge in [-0.25, -0.2) is 0 Å². The molecule has 0 fully saturated rings. The SMILES string of the molecule is CCCNC.CNCCO. The monoisotopic (exact) mass is 148 g/mol.